The van der Waals surface area contributed by atoms with Gasteiger partial charge in [-0.15, -0.1) is 32.9 Å². The molecule has 4 N–H and O–H groups in total. The summed E-state index contributed by atoms with van der Waals surface area (Å²) in [5, 5.41) is 29.8. The van der Waals surface area contributed by atoms with E-state index in [1.165, 1.54) is 11.1 Å². The van der Waals surface area contributed by atoms with Crippen LogP contribution in [-0.4, -0.2) is 102 Å². The second kappa shape index (κ2) is 20.7. The third-order valence-electron chi connectivity index (χ3n) is 12.3. The molecule has 2 aliphatic rings. The standard InChI is InChI=1S/C50H55ClN10O6S2/c1-27-29(3)69-49-42(27)43(32-12-14-34(51)15-13-32)56-38(46-59-58-30(4)61(46)49)22-40(63)52-18-19-67-37-17-16-35(53-24-37)20-41(64)57-45(50(5,6)7)48(66)60-25-36(62)21-39(60)47(65)54-23-31-8-10-33(11-9-31)44-28(2)55-26-68-44/h8-17,24,26,36,38-39,45,62H,18-23,25H2,1-7H3,(H,52,63)(H,54,65)(H,57,64)/t36?,38?,39-,45+/m0/s1. The molecule has 16 nitrogen and oxygen atoms in total. The van der Waals surface area contributed by atoms with E-state index in [0.29, 0.717) is 28.1 Å². The largest absolute Gasteiger partial charge is 0.490 e. The number of carbonyl (C=O) groups excluding carboxylic acids is 4. The number of carbonyl (C=O) groups is 4. The fraction of sp³-hybridized carbons (Fsp3) is 0.380. The Morgan fingerprint density at radius 3 is 2.35 bits per heavy atom. The number of aliphatic hydroxyl groups is 1. The van der Waals surface area contributed by atoms with Crippen LogP contribution in [0.3, 0.4) is 0 Å². The zero-order valence-electron chi connectivity index (χ0n) is 39.5. The molecular formula is C50H55ClN10O6S2. The summed E-state index contributed by atoms with van der Waals surface area (Å²) in [4.78, 5) is 72.1. The number of aliphatic imine (C=N–C) groups is 1. The van der Waals surface area contributed by atoms with Gasteiger partial charge < -0.3 is 30.7 Å². The molecule has 6 aromatic rings. The summed E-state index contributed by atoms with van der Waals surface area (Å²) in [6.07, 6.45) is 0.604. The molecule has 4 amide bonds. The summed E-state index contributed by atoms with van der Waals surface area (Å²) in [5.74, 6) is 0.229. The summed E-state index contributed by atoms with van der Waals surface area (Å²) in [7, 11) is 0. The Kier molecular flexibility index (Phi) is 14.7. The van der Waals surface area contributed by atoms with Crippen molar-refractivity contribution in [3.8, 4) is 21.2 Å². The van der Waals surface area contributed by atoms with Crippen LogP contribution in [-0.2, 0) is 32.1 Å². The van der Waals surface area contributed by atoms with E-state index in [1.54, 1.807) is 34.8 Å². The van der Waals surface area contributed by atoms with Gasteiger partial charge in [-0.25, -0.2) is 4.98 Å². The predicted octanol–water partition coefficient (Wildman–Crippen LogP) is 6.56. The predicted molar refractivity (Wildman–Crippen MR) is 266 cm³/mol. The quantitative estimate of drug-likeness (QED) is 0.0816. The summed E-state index contributed by atoms with van der Waals surface area (Å²) < 4.78 is 7.88. The number of β-amino-alcohol motifs (C(OH)–C–C–N with tert-alkyl or cyclic N) is 1. The average Bonchev–Trinajstić information content (AvgIpc) is 4.09. The molecule has 4 atom stereocenters. The van der Waals surface area contributed by atoms with E-state index in [2.05, 4.69) is 50.0 Å². The Labute approximate surface area is 413 Å². The summed E-state index contributed by atoms with van der Waals surface area (Å²) in [6, 6.07) is 16.2. The Hall–Kier alpha value is -6.34. The van der Waals surface area contributed by atoms with Crippen LogP contribution in [0.5, 0.6) is 5.75 Å². The molecule has 6 heterocycles. The van der Waals surface area contributed by atoms with Gasteiger partial charge in [-0.1, -0.05) is 68.8 Å². The number of pyridine rings is 1. The molecule has 69 heavy (non-hydrogen) atoms. The van der Waals surface area contributed by atoms with Gasteiger partial charge in [0.15, 0.2) is 5.82 Å². The van der Waals surface area contributed by atoms with Crippen molar-refractivity contribution in [1.82, 2.24) is 45.6 Å². The van der Waals surface area contributed by atoms with Crippen molar-refractivity contribution in [1.29, 1.82) is 0 Å². The molecule has 0 saturated carbocycles. The van der Waals surface area contributed by atoms with E-state index in [0.717, 1.165) is 54.0 Å². The maximum absolute atomic E-state index is 14.1. The number of amides is 4. The van der Waals surface area contributed by atoms with Crippen LogP contribution in [0.25, 0.3) is 15.4 Å². The number of thiophene rings is 1. The number of rotatable bonds is 15. The van der Waals surface area contributed by atoms with Gasteiger partial charge in [0.2, 0.25) is 23.6 Å². The SMILES string of the molecule is Cc1ncsc1-c1ccc(CNC(=O)[C@@H]2CC(O)CN2C(=O)[C@@H](NC(=O)Cc2ccc(OCCNC(=O)CC3N=C(c4ccc(Cl)cc4)c4c(sc(C)c4C)-n4c(C)nnc43)cn2)C(C)(C)C)cc1. The lowest BCUT2D eigenvalue weighted by Gasteiger charge is -2.35. The zero-order chi connectivity index (χ0) is 49.1. The monoisotopic (exact) mass is 990 g/mol. The summed E-state index contributed by atoms with van der Waals surface area (Å²) in [6.45, 7) is 14.1. The van der Waals surface area contributed by atoms with Crippen LogP contribution in [0, 0.1) is 33.1 Å². The number of aryl methyl sites for hydroxylation is 3. The number of hydrogen-bond donors (Lipinski definition) is 4. The van der Waals surface area contributed by atoms with Gasteiger partial charge in [-0.3, -0.25) is 33.7 Å². The Morgan fingerprint density at radius 2 is 1.67 bits per heavy atom. The molecule has 19 heteroatoms. The number of likely N-dealkylation sites (tertiary alicyclic amines) is 1. The maximum atomic E-state index is 14.1. The number of thiazole rings is 1. The molecule has 4 aromatic heterocycles. The first-order valence-electron chi connectivity index (χ1n) is 22.7. The van der Waals surface area contributed by atoms with Crippen molar-refractivity contribution in [2.75, 3.05) is 19.7 Å². The second-order valence-corrected chi connectivity index (χ2v) is 20.9. The zero-order valence-corrected chi connectivity index (χ0v) is 41.9. The first kappa shape index (κ1) is 49.1. The maximum Gasteiger partial charge on any atom is 0.246 e. The number of nitrogens with one attached hydrogen (secondary N) is 3. The molecule has 0 aliphatic carbocycles. The highest BCUT2D eigenvalue weighted by atomic mass is 35.5. The number of aromatic nitrogens is 5. The lowest BCUT2D eigenvalue weighted by Crippen LogP contribution is -2.58. The van der Waals surface area contributed by atoms with Crippen LogP contribution >= 0.6 is 34.3 Å². The first-order valence-corrected chi connectivity index (χ1v) is 24.8. The van der Waals surface area contributed by atoms with Crippen LogP contribution in [0.1, 0.15) is 89.8 Å². The topological polar surface area (TPSA) is 206 Å². The fourth-order valence-corrected chi connectivity index (χ4v) is 10.6. The minimum absolute atomic E-state index is 0.0307. The van der Waals surface area contributed by atoms with E-state index >= 15 is 0 Å². The van der Waals surface area contributed by atoms with Crippen LogP contribution in [0.4, 0.5) is 0 Å². The summed E-state index contributed by atoms with van der Waals surface area (Å²) in [5.41, 5.74) is 8.15. The van der Waals surface area contributed by atoms with Gasteiger partial charge >= 0.3 is 0 Å². The fourth-order valence-electron chi connectivity index (χ4n) is 8.50. The number of halogens is 1. The van der Waals surface area contributed by atoms with Gasteiger partial charge in [-0.05, 0) is 74.1 Å². The van der Waals surface area contributed by atoms with Gasteiger partial charge in [0.05, 0.1) is 53.5 Å². The van der Waals surface area contributed by atoms with Gasteiger partial charge in [0.1, 0.15) is 41.3 Å². The lowest BCUT2D eigenvalue weighted by atomic mass is 9.85. The molecule has 0 radical (unpaired) electrons. The molecule has 0 spiro atoms. The minimum Gasteiger partial charge on any atom is -0.490 e. The lowest BCUT2D eigenvalue weighted by molar-refractivity contribution is -0.144. The van der Waals surface area contributed by atoms with Crippen molar-refractivity contribution in [3.63, 3.8) is 0 Å². The van der Waals surface area contributed by atoms with Crippen LogP contribution in [0.2, 0.25) is 5.02 Å². The van der Waals surface area contributed by atoms with E-state index in [-0.39, 0.29) is 57.3 Å². The Bertz CT molecular complexity index is 2890. The highest BCUT2D eigenvalue weighted by Gasteiger charge is 2.44. The number of hydrogen-bond acceptors (Lipinski definition) is 13. The molecule has 2 aliphatic heterocycles. The molecule has 360 valence electrons. The molecule has 2 aromatic carbocycles. The molecule has 1 fully saturated rings. The van der Waals surface area contributed by atoms with Gasteiger partial charge in [0, 0.05) is 46.2 Å². The van der Waals surface area contributed by atoms with Crippen LogP contribution < -0.4 is 20.7 Å². The number of aliphatic hydroxyl groups excluding tert-OH is 1. The molecule has 0 bridgehead atoms. The number of ether oxygens (including phenoxy) is 1. The van der Waals surface area contributed by atoms with E-state index in [4.69, 9.17) is 21.3 Å². The Balaban J connectivity index is 0.829. The average molecular weight is 992 g/mol. The van der Waals surface area contributed by atoms with Gasteiger partial charge in [-0.2, -0.15) is 0 Å². The van der Waals surface area contributed by atoms with Crippen molar-refractivity contribution in [2.24, 2.45) is 10.4 Å². The molecule has 1 saturated heterocycles. The number of fused-ring (bicyclic) bond motifs is 3. The van der Waals surface area contributed by atoms with Gasteiger partial charge in [0.25, 0.3) is 0 Å². The third kappa shape index (κ3) is 11.1. The normalized spacial score (nSPS) is 17.0. The van der Waals surface area contributed by atoms with Crippen molar-refractivity contribution in [3.05, 3.63) is 128 Å². The van der Waals surface area contributed by atoms with Crippen molar-refractivity contribution in [2.45, 2.75) is 98.5 Å². The molecule has 2 unspecified atom stereocenters. The third-order valence-corrected chi connectivity index (χ3v) is 14.7. The smallest absolute Gasteiger partial charge is 0.246 e. The first-order chi connectivity index (χ1) is 32.9. The highest BCUT2D eigenvalue weighted by molar-refractivity contribution is 7.15. The second-order valence-electron chi connectivity index (χ2n) is 18.4. The number of benzene rings is 2. The molecular weight excluding hydrogens is 936 g/mol. The van der Waals surface area contributed by atoms with Crippen molar-refractivity contribution >= 4 is 63.6 Å². The van der Waals surface area contributed by atoms with Crippen LogP contribution in [0.15, 0.2) is 77.4 Å². The highest BCUT2D eigenvalue weighted by Crippen LogP contribution is 2.40. The van der Waals surface area contributed by atoms with E-state index < -0.39 is 41.5 Å². The minimum atomic E-state index is -0.990. The molecule has 8 rings (SSSR count). The number of nitrogens with zero attached hydrogens (tertiary/aromatic N) is 7. The Morgan fingerprint density at radius 1 is 0.928 bits per heavy atom. The van der Waals surface area contributed by atoms with E-state index in [1.807, 2.05) is 93.2 Å². The van der Waals surface area contributed by atoms with Crippen molar-refractivity contribution < 1.29 is 29.0 Å². The summed E-state index contributed by atoms with van der Waals surface area (Å²) >= 11 is 9.46. The van der Waals surface area contributed by atoms with E-state index in [9.17, 15) is 24.3 Å².